The van der Waals surface area contributed by atoms with E-state index in [1.165, 1.54) is 0 Å². The Hall–Kier alpha value is -0.120. The van der Waals surface area contributed by atoms with Gasteiger partial charge in [0.25, 0.3) is 0 Å². The minimum atomic E-state index is -0.701. The average molecular weight is 158 g/mol. The van der Waals surface area contributed by atoms with Crippen LogP contribution in [0, 0.1) is 17.3 Å². The highest BCUT2D eigenvalue weighted by atomic mass is 16.3. The molecule has 0 aromatic heterocycles. The monoisotopic (exact) mass is 158 g/mol. The third-order valence-electron chi connectivity index (χ3n) is 3.56. The fourth-order valence-electron chi connectivity index (χ4n) is 2.54. The third-order valence-corrected chi connectivity index (χ3v) is 3.56. The second-order valence-electron chi connectivity index (χ2n) is 4.00. The lowest BCUT2D eigenvalue weighted by Crippen LogP contribution is -2.34. The minimum Gasteiger partial charge on any atom is -0.396 e. The van der Waals surface area contributed by atoms with Crippen molar-refractivity contribution in [3.8, 4) is 0 Å². The smallest absolute Gasteiger partial charge is 0.0882 e. The van der Waals surface area contributed by atoms with Crippen LogP contribution in [0.3, 0.4) is 0 Å². The van der Waals surface area contributed by atoms with Crippen molar-refractivity contribution < 1.29 is 15.3 Å². The zero-order chi connectivity index (χ0) is 8.22. The number of hydrogen-bond donors (Lipinski definition) is 3. The average Bonchev–Trinajstić information content (AvgIpc) is 2.71. The van der Waals surface area contributed by atoms with Gasteiger partial charge in [-0.05, 0) is 18.3 Å². The predicted octanol–water partition coefficient (Wildman–Crippen LogP) is -0.643. The Labute approximate surface area is 65.7 Å². The summed E-state index contributed by atoms with van der Waals surface area (Å²) < 4.78 is 0. The van der Waals surface area contributed by atoms with Crippen molar-refractivity contribution in [3.05, 3.63) is 0 Å². The van der Waals surface area contributed by atoms with Gasteiger partial charge in [0.1, 0.15) is 0 Å². The van der Waals surface area contributed by atoms with E-state index in [9.17, 15) is 10.2 Å². The van der Waals surface area contributed by atoms with Crippen molar-refractivity contribution in [2.45, 2.75) is 25.6 Å². The topological polar surface area (TPSA) is 60.7 Å². The van der Waals surface area contributed by atoms with E-state index in [0.29, 0.717) is 5.92 Å². The molecule has 3 heteroatoms. The predicted molar refractivity (Wildman–Crippen MR) is 38.8 cm³/mol. The lowest BCUT2D eigenvalue weighted by atomic mass is 9.99. The first-order chi connectivity index (χ1) is 5.13. The zero-order valence-corrected chi connectivity index (χ0v) is 6.57. The van der Waals surface area contributed by atoms with Gasteiger partial charge in [0.15, 0.2) is 0 Å². The van der Waals surface area contributed by atoms with Crippen molar-refractivity contribution in [2.75, 3.05) is 6.61 Å². The molecule has 0 spiro atoms. The van der Waals surface area contributed by atoms with Crippen LogP contribution >= 0.6 is 0 Å². The molecule has 2 saturated carbocycles. The van der Waals surface area contributed by atoms with Crippen molar-refractivity contribution in [1.82, 2.24) is 0 Å². The van der Waals surface area contributed by atoms with Gasteiger partial charge in [-0.2, -0.15) is 0 Å². The van der Waals surface area contributed by atoms with Gasteiger partial charge in [-0.1, -0.05) is 6.92 Å². The van der Waals surface area contributed by atoms with E-state index in [0.717, 1.165) is 6.42 Å². The van der Waals surface area contributed by atoms with Gasteiger partial charge in [-0.25, -0.2) is 0 Å². The molecule has 2 aliphatic rings. The molecule has 0 amide bonds. The Bertz CT molecular complexity index is 180. The molecule has 0 saturated heterocycles. The molecule has 1 unspecified atom stereocenters. The number of hydrogen-bond acceptors (Lipinski definition) is 3. The van der Waals surface area contributed by atoms with Crippen LogP contribution in [-0.4, -0.2) is 34.1 Å². The van der Waals surface area contributed by atoms with Gasteiger partial charge < -0.3 is 15.3 Å². The summed E-state index contributed by atoms with van der Waals surface area (Å²) in [5.74, 6) is 0.495. The molecule has 5 atom stereocenters. The van der Waals surface area contributed by atoms with Gasteiger partial charge in [0.2, 0.25) is 0 Å². The first-order valence-corrected chi connectivity index (χ1v) is 4.10. The second-order valence-corrected chi connectivity index (χ2v) is 4.00. The Balaban J connectivity index is 2.21. The van der Waals surface area contributed by atoms with E-state index in [2.05, 4.69) is 0 Å². The SMILES string of the molecule is C[C@@H]1[C@H]2C[C@]2(CO)C(O)[C@@H]1O. The molecule has 2 fully saturated rings. The van der Waals surface area contributed by atoms with Gasteiger partial charge in [0, 0.05) is 5.41 Å². The Morgan fingerprint density at radius 1 is 1.45 bits per heavy atom. The van der Waals surface area contributed by atoms with Crippen LogP contribution in [-0.2, 0) is 0 Å². The van der Waals surface area contributed by atoms with Crippen LogP contribution in [0.2, 0.25) is 0 Å². The van der Waals surface area contributed by atoms with Crippen LogP contribution < -0.4 is 0 Å². The maximum absolute atomic E-state index is 9.52. The largest absolute Gasteiger partial charge is 0.396 e. The van der Waals surface area contributed by atoms with Crippen molar-refractivity contribution in [3.63, 3.8) is 0 Å². The summed E-state index contributed by atoms with van der Waals surface area (Å²) in [4.78, 5) is 0. The summed E-state index contributed by atoms with van der Waals surface area (Å²) >= 11 is 0. The quantitative estimate of drug-likeness (QED) is 0.475. The lowest BCUT2D eigenvalue weighted by molar-refractivity contribution is -0.0302. The van der Waals surface area contributed by atoms with E-state index in [1.54, 1.807) is 0 Å². The summed E-state index contributed by atoms with van der Waals surface area (Å²) in [6.45, 7) is 1.95. The third kappa shape index (κ3) is 0.687. The van der Waals surface area contributed by atoms with Gasteiger partial charge in [0.05, 0.1) is 18.8 Å². The Morgan fingerprint density at radius 3 is 2.36 bits per heavy atom. The van der Waals surface area contributed by atoms with Crippen molar-refractivity contribution in [2.24, 2.45) is 17.3 Å². The highest BCUT2D eigenvalue weighted by Crippen LogP contribution is 2.65. The molecule has 0 aliphatic heterocycles. The fraction of sp³-hybridized carbons (Fsp3) is 1.00. The minimum absolute atomic E-state index is 0.0141. The Morgan fingerprint density at radius 2 is 2.09 bits per heavy atom. The standard InChI is InChI=1S/C8H14O3/c1-4-5-2-8(5,3-9)7(11)6(4)10/h4-7,9-11H,2-3H2,1H3/t4-,5-,6-,7?,8-/m1/s1. The second kappa shape index (κ2) is 1.97. The number of aliphatic hydroxyl groups excluding tert-OH is 3. The van der Waals surface area contributed by atoms with E-state index in [1.807, 2.05) is 6.92 Å². The van der Waals surface area contributed by atoms with Crippen LogP contribution in [0.5, 0.6) is 0 Å². The van der Waals surface area contributed by atoms with Gasteiger partial charge >= 0.3 is 0 Å². The maximum Gasteiger partial charge on any atom is 0.0882 e. The molecule has 3 nitrogen and oxygen atoms in total. The van der Waals surface area contributed by atoms with Crippen LogP contribution in [0.1, 0.15) is 13.3 Å². The molecular formula is C8H14O3. The molecule has 2 rings (SSSR count). The molecule has 0 heterocycles. The zero-order valence-electron chi connectivity index (χ0n) is 6.57. The lowest BCUT2D eigenvalue weighted by Gasteiger charge is -2.20. The molecule has 11 heavy (non-hydrogen) atoms. The fourth-order valence-corrected chi connectivity index (χ4v) is 2.54. The molecule has 2 aliphatic carbocycles. The summed E-state index contributed by atoms with van der Waals surface area (Å²) in [6, 6.07) is 0. The normalized spacial score (nSPS) is 61.1. The molecule has 64 valence electrons. The van der Waals surface area contributed by atoms with E-state index in [-0.39, 0.29) is 17.9 Å². The van der Waals surface area contributed by atoms with Crippen LogP contribution in [0.4, 0.5) is 0 Å². The van der Waals surface area contributed by atoms with Crippen LogP contribution in [0.15, 0.2) is 0 Å². The molecular weight excluding hydrogens is 144 g/mol. The molecule has 0 aromatic rings. The van der Waals surface area contributed by atoms with E-state index < -0.39 is 12.2 Å². The summed E-state index contributed by atoms with van der Waals surface area (Å²) in [7, 11) is 0. The number of rotatable bonds is 1. The molecule has 0 bridgehead atoms. The summed E-state index contributed by atoms with van der Waals surface area (Å²) in [5, 5.41) is 27.9. The first kappa shape index (κ1) is 7.53. The molecule has 0 radical (unpaired) electrons. The summed E-state index contributed by atoms with van der Waals surface area (Å²) in [6.07, 6.45) is -0.448. The van der Waals surface area contributed by atoms with Crippen molar-refractivity contribution >= 4 is 0 Å². The van der Waals surface area contributed by atoms with E-state index in [4.69, 9.17) is 5.11 Å². The molecule has 3 N–H and O–H groups in total. The number of aliphatic hydroxyl groups is 3. The van der Waals surface area contributed by atoms with Gasteiger partial charge in [-0.15, -0.1) is 0 Å². The maximum atomic E-state index is 9.52. The molecule has 0 aromatic carbocycles. The van der Waals surface area contributed by atoms with Crippen LogP contribution in [0.25, 0.3) is 0 Å². The Kier molecular flexibility index (Phi) is 1.35. The highest BCUT2D eigenvalue weighted by molar-refractivity contribution is 5.17. The highest BCUT2D eigenvalue weighted by Gasteiger charge is 2.69. The number of fused-ring (bicyclic) bond motifs is 1. The van der Waals surface area contributed by atoms with Crippen molar-refractivity contribution in [1.29, 1.82) is 0 Å². The van der Waals surface area contributed by atoms with Gasteiger partial charge in [-0.3, -0.25) is 0 Å². The summed E-state index contributed by atoms with van der Waals surface area (Å²) in [5.41, 5.74) is -0.334. The van der Waals surface area contributed by atoms with E-state index >= 15 is 0 Å². The first-order valence-electron chi connectivity index (χ1n) is 4.10.